The first-order chi connectivity index (χ1) is 21.1. The number of carbonyl (C=O) groups is 2. The maximum absolute atomic E-state index is 14.4. The Bertz CT molecular complexity index is 1670. The summed E-state index contributed by atoms with van der Waals surface area (Å²) in [6, 6.07) is 27.5. The van der Waals surface area contributed by atoms with Crippen LogP contribution in [0.5, 0.6) is 5.75 Å². The minimum atomic E-state index is -4.20. The van der Waals surface area contributed by atoms with Crippen molar-refractivity contribution in [3.63, 3.8) is 0 Å². The summed E-state index contributed by atoms with van der Waals surface area (Å²) in [5.41, 5.74) is 1.63. The van der Waals surface area contributed by atoms with Gasteiger partial charge >= 0.3 is 0 Å². The Labute approximate surface area is 268 Å². The van der Waals surface area contributed by atoms with Crippen LogP contribution in [0.15, 0.2) is 108 Å². The van der Waals surface area contributed by atoms with Crippen LogP contribution in [0, 0.1) is 0 Å². The quantitative estimate of drug-likeness (QED) is 0.192. The highest BCUT2D eigenvalue weighted by molar-refractivity contribution is 7.92. The molecule has 1 atom stereocenters. The van der Waals surface area contributed by atoms with Crippen LogP contribution in [0.3, 0.4) is 0 Å². The second-order valence-corrected chi connectivity index (χ2v) is 12.5. The Balaban J connectivity index is 1.79. The van der Waals surface area contributed by atoms with E-state index in [-0.39, 0.29) is 23.5 Å². The van der Waals surface area contributed by atoms with Crippen LogP contribution in [0.25, 0.3) is 0 Å². The number of benzene rings is 4. The van der Waals surface area contributed by atoms with Crippen LogP contribution < -0.4 is 14.4 Å². The molecule has 0 saturated heterocycles. The van der Waals surface area contributed by atoms with Crippen molar-refractivity contribution in [3.05, 3.63) is 124 Å². The zero-order chi connectivity index (χ0) is 31.7. The van der Waals surface area contributed by atoms with E-state index >= 15 is 0 Å². The summed E-state index contributed by atoms with van der Waals surface area (Å²) in [6.45, 7) is 1.63. The Kier molecular flexibility index (Phi) is 11.3. The van der Waals surface area contributed by atoms with Gasteiger partial charge in [0.2, 0.25) is 11.8 Å². The number of likely N-dealkylation sites (N-methyl/N-ethyl adjacent to an activating group) is 1. The van der Waals surface area contributed by atoms with Gasteiger partial charge in [-0.15, -0.1) is 0 Å². The molecule has 0 spiro atoms. The van der Waals surface area contributed by atoms with Crippen LogP contribution >= 0.6 is 23.2 Å². The highest BCUT2D eigenvalue weighted by atomic mass is 35.5. The third-order valence-electron chi connectivity index (χ3n) is 6.92. The molecular formula is C33H33Cl2N3O5S. The summed E-state index contributed by atoms with van der Waals surface area (Å²) in [4.78, 5) is 29.1. The SMILES string of the molecule is CCOc1ccc(N(CC(=O)N(Cc2ccc(Cl)cc2Cl)[C@H](Cc2ccccc2)C(=O)NC)S(=O)(=O)c2ccccc2)cc1. The number of anilines is 1. The molecule has 0 saturated carbocycles. The van der Waals surface area contributed by atoms with E-state index in [1.165, 1.54) is 24.1 Å². The van der Waals surface area contributed by atoms with Crippen molar-refractivity contribution in [1.29, 1.82) is 0 Å². The minimum Gasteiger partial charge on any atom is -0.494 e. The zero-order valence-electron chi connectivity index (χ0n) is 24.3. The molecule has 0 heterocycles. The molecule has 0 fully saturated rings. The Morgan fingerprint density at radius 2 is 1.52 bits per heavy atom. The van der Waals surface area contributed by atoms with Gasteiger partial charge in [-0.3, -0.25) is 13.9 Å². The van der Waals surface area contributed by atoms with Gasteiger partial charge in [0, 0.05) is 30.1 Å². The maximum Gasteiger partial charge on any atom is 0.264 e. The van der Waals surface area contributed by atoms with E-state index in [9.17, 15) is 18.0 Å². The summed E-state index contributed by atoms with van der Waals surface area (Å²) in [7, 11) is -2.71. The third-order valence-corrected chi connectivity index (χ3v) is 9.29. The van der Waals surface area contributed by atoms with E-state index in [2.05, 4.69) is 5.32 Å². The number of hydrogen-bond acceptors (Lipinski definition) is 5. The number of nitrogens with one attached hydrogen (secondary N) is 1. The normalized spacial score (nSPS) is 11.8. The Morgan fingerprint density at radius 3 is 2.11 bits per heavy atom. The van der Waals surface area contributed by atoms with Gasteiger partial charge in [0.15, 0.2) is 0 Å². The first kappa shape index (κ1) is 32.9. The number of amides is 2. The maximum atomic E-state index is 14.4. The fraction of sp³-hybridized carbons (Fsp3) is 0.212. The van der Waals surface area contributed by atoms with Gasteiger partial charge in [-0.2, -0.15) is 0 Å². The number of hydrogen-bond donors (Lipinski definition) is 1. The van der Waals surface area contributed by atoms with Crippen molar-refractivity contribution in [3.8, 4) is 5.75 Å². The molecule has 44 heavy (non-hydrogen) atoms. The monoisotopic (exact) mass is 653 g/mol. The average molecular weight is 655 g/mol. The van der Waals surface area contributed by atoms with E-state index in [0.29, 0.717) is 28.0 Å². The molecule has 2 amide bonds. The van der Waals surface area contributed by atoms with Crippen LogP contribution in [0.4, 0.5) is 5.69 Å². The second kappa shape index (κ2) is 15.1. The lowest BCUT2D eigenvalue weighted by atomic mass is 10.0. The summed E-state index contributed by atoms with van der Waals surface area (Å²) >= 11 is 12.6. The molecule has 0 aliphatic carbocycles. The molecule has 0 unspecified atom stereocenters. The van der Waals surface area contributed by atoms with Gasteiger partial charge in [0.1, 0.15) is 18.3 Å². The van der Waals surface area contributed by atoms with E-state index in [0.717, 1.165) is 9.87 Å². The van der Waals surface area contributed by atoms with E-state index in [1.807, 2.05) is 37.3 Å². The van der Waals surface area contributed by atoms with Crippen molar-refractivity contribution >= 4 is 50.7 Å². The number of ether oxygens (including phenoxy) is 1. The van der Waals surface area contributed by atoms with Gasteiger partial charge in [0.05, 0.1) is 17.2 Å². The molecular weight excluding hydrogens is 621 g/mol. The first-order valence-corrected chi connectivity index (χ1v) is 16.1. The van der Waals surface area contributed by atoms with Crippen molar-refractivity contribution < 1.29 is 22.7 Å². The molecule has 0 aliphatic rings. The lowest BCUT2D eigenvalue weighted by Gasteiger charge is -2.33. The second-order valence-electron chi connectivity index (χ2n) is 9.83. The standard InChI is InChI=1S/C33H33Cl2N3O5S/c1-3-43-28-18-16-27(17-19-28)38(44(41,42)29-12-8-5-9-13-29)23-32(39)37(22-25-14-15-26(34)21-30(25)35)31(33(40)36-2)20-24-10-6-4-7-11-24/h4-19,21,31H,3,20,22-23H2,1-2H3,(H,36,40)/t31-/m1/s1. The largest absolute Gasteiger partial charge is 0.494 e. The summed E-state index contributed by atoms with van der Waals surface area (Å²) in [6.07, 6.45) is 0.186. The smallest absolute Gasteiger partial charge is 0.264 e. The third kappa shape index (κ3) is 8.11. The Hall–Kier alpha value is -4.05. The van der Waals surface area contributed by atoms with E-state index in [4.69, 9.17) is 27.9 Å². The Morgan fingerprint density at radius 1 is 0.886 bits per heavy atom. The highest BCUT2D eigenvalue weighted by Crippen LogP contribution is 2.28. The van der Waals surface area contributed by atoms with Crippen LogP contribution in [-0.2, 0) is 32.6 Å². The highest BCUT2D eigenvalue weighted by Gasteiger charge is 2.34. The van der Waals surface area contributed by atoms with Crippen molar-refractivity contribution in [2.45, 2.75) is 30.8 Å². The number of sulfonamides is 1. The molecule has 8 nitrogen and oxygen atoms in total. The topological polar surface area (TPSA) is 96.0 Å². The molecule has 230 valence electrons. The summed E-state index contributed by atoms with van der Waals surface area (Å²) in [5.74, 6) is -0.457. The molecule has 11 heteroatoms. The van der Waals surface area contributed by atoms with Crippen molar-refractivity contribution in [2.75, 3.05) is 24.5 Å². The van der Waals surface area contributed by atoms with Crippen molar-refractivity contribution in [2.24, 2.45) is 0 Å². The minimum absolute atomic E-state index is 0.0149. The van der Waals surface area contributed by atoms with Gasteiger partial charge in [-0.1, -0.05) is 77.8 Å². The number of carbonyl (C=O) groups excluding carboxylic acids is 2. The molecule has 4 aromatic carbocycles. The molecule has 1 N–H and O–H groups in total. The number of rotatable bonds is 13. The predicted molar refractivity (Wildman–Crippen MR) is 174 cm³/mol. The van der Waals surface area contributed by atoms with Gasteiger partial charge < -0.3 is 15.0 Å². The molecule has 0 aliphatic heterocycles. The molecule has 0 radical (unpaired) electrons. The predicted octanol–water partition coefficient (Wildman–Crippen LogP) is 5.97. The lowest BCUT2D eigenvalue weighted by molar-refractivity contribution is -0.139. The average Bonchev–Trinajstić information content (AvgIpc) is 3.03. The van der Waals surface area contributed by atoms with Crippen LogP contribution in [0.1, 0.15) is 18.1 Å². The molecule has 0 bridgehead atoms. The molecule has 4 aromatic rings. The lowest BCUT2D eigenvalue weighted by Crippen LogP contribution is -2.53. The van der Waals surface area contributed by atoms with Gasteiger partial charge in [0.25, 0.3) is 10.0 Å². The van der Waals surface area contributed by atoms with Gasteiger partial charge in [-0.25, -0.2) is 8.42 Å². The van der Waals surface area contributed by atoms with Crippen LogP contribution in [0.2, 0.25) is 10.0 Å². The molecule has 4 rings (SSSR count). The van der Waals surface area contributed by atoms with E-state index in [1.54, 1.807) is 60.7 Å². The van der Waals surface area contributed by atoms with Crippen LogP contribution in [-0.4, -0.2) is 51.4 Å². The number of halogens is 2. The zero-order valence-corrected chi connectivity index (χ0v) is 26.6. The number of nitrogens with zero attached hydrogens (tertiary/aromatic N) is 2. The van der Waals surface area contributed by atoms with E-state index < -0.39 is 34.4 Å². The van der Waals surface area contributed by atoms with Crippen molar-refractivity contribution in [1.82, 2.24) is 10.2 Å². The summed E-state index contributed by atoms with van der Waals surface area (Å²) in [5, 5.41) is 3.38. The van der Waals surface area contributed by atoms with Gasteiger partial charge in [-0.05, 0) is 66.6 Å². The molecule has 0 aromatic heterocycles. The summed E-state index contributed by atoms with van der Waals surface area (Å²) < 4.78 is 34.6. The fourth-order valence-corrected chi connectivity index (χ4v) is 6.58. The fourth-order valence-electron chi connectivity index (χ4n) is 4.68. The first-order valence-electron chi connectivity index (χ1n) is 13.9.